The summed E-state index contributed by atoms with van der Waals surface area (Å²) in [6, 6.07) is 5.04. The van der Waals surface area contributed by atoms with Crippen molar-refractivity contribution in [3.63, 3.8) is 0 Å². The lowest BCUT2D eigenvalue weighted by Crippen LogP contribution is -2.41. The fourth-order valence-corrected chi connectivity index (χ4v) is 3.39. The van der Waals surface area contributed by atoms with Crippen LogP contribution in [0.25, 0.3) is 0 Å². The molecule has 0 spiro atoms. The number of thiocarbonyl (C=S) groups is 1. The van der Waals surface area contributed by atoms with E-state index in [1.165, 1.54) is 0 Å². The molecular weight excluding hydrogens is 372 g/mol. The molecule has 136 valence electrons. The highest BCUT2D eigenvalue weighted by Gasteiger charge is 2.32. The maximum Gasteiger partial charge on any atom is 0.254 e. The number of halogens is 1. The van der Waals surface area contributed by atoms with Crippen LogP contribution in [0.1, 0.15) is 47.5 Å². The number of nitrogens with two attached hydrogens (primary N) is 1. The van der Waals surface area contributed by atoms with Crippen molar-refractivity contribution in [1.82, 2.24) is 19.7 Å². The van der Waals surface area contributed by atoms with Crippen molar-refractivity contribution in [2.75, 3.05) is 6.54 Å². The Labute approximate surface area is 161 Å². The van der Waals surface area contributed by atoms with Crippen molar-refractivity contribution < 1.29 is 4.79 Å². The number of aromatic nitrogens is 3. The smallest absolute Gasteiger partial charge is 0.254 e. The minimum Gasteiger partial charge on any atom is -0.387 e. The molecule has 1 aromatic carbocycles. The predicted octanol–water partition coefficient (Wildman–Crippen LogP) is 2.51. The van der Waals surface area contributed by atoms with E-state index in [2.05, 4.69) is 15.2 Å². The zero-order chi connectivity index (χ0) is 19.0. The van der Waals surface area contributed by atoms with Crippen LogP contribution in [-0.2, 0) is 6.54 Å². The van der Waals surface area contributed by atoms with E-state index in [4.69, 9.17) is 29.6 Å². The Morgan fingerprint density at radius 1 is 1.38 bits per heavy atom. The number of carbonyl (C=O) groups is 1. The van der Waals surface area contributed by atoms with Gasteiger partial charge in [0.05, 0.1) is 11.9 Å². The number of hydrogen-bond donors (Lipinski definition) is 1. The second-order valence-electron chi connectivity index (χ2n) is 6.23. The molecule has 0 saturated heterocycles. The maximum atomic E-state index is 12.9. The van der Waals surface area contributed by atoms with Crippen molar-refractivity contribution in [3.8, 4) is 0 Å². The summed E-state index contributed by atoms with van der Waals surface area (Å²) in [6.45, 7) is 6.53. The van der Waals surface area contributed by atoms with Gasteiger partial charge in [-0.3, -0.25) is 4.79 Å². The van der Waals surface area contributed by atoms with Crippen LogP contribution in [0.4, 0.5) is 0 Å². The van der Waals surface area contributed by atoms with Gasteiger partial charge in [0.15, 0.2) is 16.6 Å². The number of aryl methyl sites for hydroxylation is 1. The molecule has 2 N–H and O–H groups in total. The molecule has 0 bridgehead atoms. The van der Waals surface area contributed by atoms with E-state index in [1.807, 2.05) is 18.4 Å². The van der Waals surface area contributed by atoms with Crippen LogP contribution in [0.15, 0.2) is 23.2 Å². The fraction of sp³-hybridized carbons (Fsp3) is 0.353. The largest absolute Gasteiger partial charge is 0.387 e. The summed E-state index contributed by atoms with van der Waals surface area (Å²) in [5.74, 6) is 1.48. The molecule has 0 fully saturated rings. The molecule has 1 aromatic heterocycles. The van der Waals surface area contributed by atoms with Gasteiger partial charge in [-0.15, -0.1) is 10.2 Å². The number of amidine groups is 1. The first-order valence-corrected chi connectivity index (χ1v) is 8.93. The van der Waals surface area contributed by atoms with Crippen molar-refractivity contribution in [2.45, 2.75) is 33.4 Å². The molecule has 2 aromatic rings. The topological polar surface area (TPSA) is 89.4 Å². The van der Waals surface area contributed by atoms with Gasteiger partial charge in [-0.05, 0) is 44.5 Å². The lowest BCUT2D eigenvalue weighted by atomic mass is 10.1. The molecule has 1 amide bonds. The lowest BCUT2D eigenvalue weighted by Gasteiger charge is -2.33. The molecule has 3 rings (SSSR count). The van der Waals surface area contributed by atoms with E-state index in [0.29, 0.717) is 46.1 Å². The number of nitrogens with zero attached hydrogens (tertiary/aromatic N) is 5. The molecule has 0 radical (unpaired) electrons. The first-order valence-electron chi connectivity index (χ1n) is 8.15. The van der Waals surface area contributed by atoms with Crippen molar-refractivity contribution >= 4 is 40.6 Å². The van der Waals surface area contributed by atoms with Gasteiger partial charge in [-0.25, -0.2) is 4.99 Å². The first kappa shape index (κ1) is 18.5. The Morgan fingerprint density at radius 3 is 2.77 bits per heavy atom. The van der Waals surface area contributed by atoms with Gasteiger partial charge in [-0.2, -0.15) is 0 Å². The number of hydrogen-bond acceptors (Lipinski definition) is 4. The van der Waals surface area contributed by atoms with E-state index in [1.54, 1.807) is 30.0 Å². The summed E-state index contributed by atoms with van der Waals surface area (Å²) in [6.07, 6.45) is 0. The highest BCUT2D eigenvalue weighted by molar-refractivity contribution is 7.80. The number of amides is 1. The van der Waals surface area contributed by atoms with Crippen LogP contribution in [0.5, 0.6) is 0 Å². The van der Waals surface area contributed by atoms with Gasteiger partial charge in [0.25, 0.3) is 5.91 Å². The highest BCUT2D eigenvalue weighted by atomic mass is 35.5. The van der Waals surface area contributed by atoms with Gasteiger partial charge in [-0.1, -0.05) is 23.8 Å². The monoisotopic (exact) mass is 390 g/mol. The number of benzene rings is 1. The number of carbonyl (C=O) groups excluding carboxylic acids is 1. The Bertz CT molecular complexity index is 918. The SMILES string of the molecule is CC(N)=NC(=S)c1nnc2n1CCN(C(=O)c1ccc(Cl)c(C)c1)[C@@H]2C. The van der Waals surface area contributed by atoms with Gasteiger partial charge < -0.3 is 15.2 Å². The Hall–Kier alpha value is -2.32. The van der Waals surface area contributed by atoms with Crippen molar-refractivity contribution in [3.05, 3.63) is 46.0 Å². The summed E-state index contributed by atoms with van der Waals surface area (Å²) in [5.41, 5.74) is 7.07. The summed E-state index contributed by atoms with van der Waals surface area (Å²) in [7, 11) is 0. The molecule has 1 atom stereocenters. The van der Waals surface area contributed by atoms with Crippen LogP contribution in [0.3, 0.4) is 0 Å². The first-order chi connectivity index (χ1) is 12.3. The molecule has 26 heavy (non-hydrogen) atoms. The minimum absolute atomic E-state index is 0.0635. The zero-order valence-corrected chi connectivity index (χ0v) is 16.3. The third kappa shape index (κ3) is 3.34. The summed E-state index contributed by atoms with van der Waals surface area (Å²) in [5, 5.41) is 9.01. The average Bonchev–Trinajstić information content (AvgIpc) is 3.01. The lowest BCUT2D eigenvalue weighted by molar-refractivity contribution is 0.0637. The third-order valence-electron chi connectivity index (χ3n) is 4.32. The Kier molecular flexibility index (Phi) is 5.06. The summed E-state index contributed by atoms with van der Waals surface area (Å²) in [4.78, 5) is 19.1. The van der Waals surface area contributed by atoms with E-state index in [0.717, 1.165) is 5.56 Å². The second kappa shape index (κ2) is 7.13. The van der Waals surface area contributed by atoms with Gasteiger partial charge in [0, 0.05) is 23.7 Å². The molecule has 9 heteroatoms. The Morgan fingerprint density at radius 2 is 2.12 bits per heavy atom. The molecule has 0 aliphatic carbocycles. The van der Waals surface area contributed by atoms with Crippen molar-refractivity contribution in [2.24, 2.45) is 10.7 Å². The van der Waals surface area contributed by atoms with E-state index < -0.39 is 0 Å². The molecule has 0 saturated carbocycles. The molecular formula is C17H19ClN6OS. The number of fused-ring (bicyclic) bond motifs is 1. The summed E-state index contributed by atoms with van der Waals surface area (Å²) < 4.78 is 1.90. The van der Waals surface area contributed by atoms with Crippen LogP contribution in [0, 0.1) is 6.92 Å². The quantitative estimate of drug-likeness (QED) is 0.483. The molecule has 0 unspecified atom stereocenters. The third-order valence-corrected chi connectivity index (χ3v) is 5.02. The molecule has 1 aliphatic heterocycles. The Balaban J connectivity index is 1.88. The van der Waals surface area contributed by atoms with Gasteiger partial charge in [0.1, 0.15) is 0 Å². The second-order valence-corrected chi connectivity index (χ2v) is 7.02. The van der Waals surface area contributed by atoms with Gasteiger partial charge in [0.2, 0.25) is 0 Å². The highest BCUT2D eigenvalue weighted by Crippen LogP contribution is 2.27. The van der Waals surface area contributed by atoms with Crippen LogP contribution < -0.4 is 5.73 Å². The predicted molar refractivity (Wildman–Crippen MR) is 105 cm³/mol. The molecule has 2 heterocycles. The minimum atomic E-state index is -0.237. The van der Waals surface area contributed by atoms with Crippen LogP contribution in [-0.4, -0.2) is 42.9 Å². The maximum absolute atomic E-state index is 12.9. The van der Waals surface area contributed by atoms with E-state index in [-0.39, 0.29) is 11.9 Å². The van der Waals surface area contributed by atoms with Crippen molar-refractivity contribution in [1.29, 1.82) is 0 Å². The fourth-order valence-electron chi connectivity index (χ4n) is 2.97. The van der Waals surface area contributed by atoms with Crippen LogP contribution >= 0.6 is 23.8 Å². The average molecular weight is 391 g/mol. The van der Waals surface area contributed by atoms with E-state index in [9.17, 15) is 4.79 Å². The number of rotatable bonds is 2. The molecule has 7 nitrogen and oxygen atoms in total. The van der Waals surface area contributed by atoms with Crippen LogP contribution in [0.2, 0.25) is 5.02 Å². The van der Waals surface area contributed by atoms with Gasteiger partial charge >= 0.3 is 0 Å². The summed E-state index contributed by atoms with van der Waals surface area (Å²) >= 11 is 11.3. The molecule has 1 aliphatic rings. The normalized spacial score (nSPS) is 17.2. The number of aliphatic imine (C=N–C) groups is 1. The van der Waals surface area contributed by atoms with E-state index >= 15 is 0 Å². The zero-order valence-electron chi connectivity index (χ0n) is 14.7. The standard InChI is InChI=1S/C17H19ClN6OS/c1-9-8-12(4-5-13(9)18)17(25)23-6-7-24-14(10(23)2)21-22-15(24)16(26)20-11(3)19/h4-5,8,10H,6-7H2,1-3H3,(H2,19,20,26)/t10-/m1/s1.